The molecule has 0 bridgehead atoms. The highest BCUT2D eigenvalue weighted by atomic mass is 16.6. The lowest BCUT2D eigenvalue weighted by Gasteiger charge is -2.25. The number of aromatic nitrogens is 1. The second-order valence-electron chi connectivity index (χ2n) is 7.71. The van der Waals surface area contributed by atoms with Crippen LogP contribution in [-0.4, -0.2) is 45.8 Å². The third-order valence-corrected chi connectivity index (χ3v) is 5.67. The first-order valence-corrected chi connectivity index (χ1v) is 10.5. The summed E-state index contributed by atoms with van der Waals surface area (Å²) in [5.74, 6) is -1.45. The van der Waals surface area contributed by atoms with Crippen LogP contribution in [0.4, 0.5) is 5.69 Å². The molecule has 1 fully saturated rings. The fourth-order valence-corrected chi connectivity index (χ4v) is 4.03. The number of ether oxygens (including phenoxy) is 2. The number of nitro groups is 1. The van der Waals surface area contributed by atoms with Gasteiger partial charge in [-0.3, -0.25) is 24.7 Å². The molecule has 1 aliphatic rings. The third kappa shape index (κ3) is 4.41. The molecule has 35 heavy (non-hydrogen) atoms. The fraction of sp³-hybridized carbons (Fsp3) is 0.160. The number of ketones is 1. The Kier molecular flexibility index (Phi) is 6.45. The summed E-state index contributed by atoms with van der Waals surface area (Å²) in [5.41, 5.74) is 0.782. The highest BCUT2D eigenvalue weighted by molar-refractivity contribution is 6.46. The first kappa shape index (κ1) is 23.4. The van der Waals surface area contributed by atoms with Crippen LogP contribution in [0.3, 0.4) is 0 Å². The molecular formula is C25H21N3O7. The van der Waals surface area contributed by atoms with E-state index >= 15 is 0 Å². The Morgan fingerprint density at radius 2 is 1.86 bits per heavy atom. The molecule has 178 valence electrons. The number of hydrogen-bond acceptors (Lipinski definition) is 8. The highest BCUT2D eigenvalue weighted by Crippen LogP contribution is 2.42. The van der Waals surface area contributed by atoms with Crippen LogP contribution < -0.4 is 9.47 Å². The number of benzene rings is 2. The molecular weight excluding hydrogens is 454 g/mol. The molecule has 1 aromatic heterocycles. The summed E-state index contributed by atoms with van der Waals surface area (Å²) in [6.45, 7) is 0.00842. The molecule has 10 nitrogen and oxygen atoms in total. The number of likely N-dealkylation sites (tertiary alicyclic amines) is 1. The zero-order valence-corrected chi connectivity index (χ0v) is 18.9. The summed E-state index contributed by atoms with van der Waals surface area (Å²) in [5, 5.41) is 22.6. The van der Waals surface area contributed by atoms with Gasteiger partial charge in [-0.15, -0.1) is 0 Å². The number of carbonyl (C=O) groups is 2. The zero-order valence-electron chi connectivity index (χ0n) is 18.9. The number of amides is 1. The van der Waals surface area contributed by atoms with Gasteiger partial charge in [0, 0.05) is 36.6 Å². The van der Waals surface area contributed by atoms with Crippen LogP contribution >= 0.6 is 0 Å². The first-order chi connectivity index (χ1) is 16.8. The average Bonchev–Trinajstić information content (AvgIpc) is 3.13. The number of nitrogens with zero attached hydrogens (tertiary/aromatic N) is 3. The Morgan fingerprint density at radius 3 is 2.51 bits per heavy atom. The van der Waals surface area contributed by atoms with Gasteiger partial charge in [-0.05, 0) is 35.4 Å². The van der Waals surface area contributed by atoms with Crippen LogP contribution in [-0.2, 0) is 16.1 Å². The summed E-state index contributed by atoms with van der Waals surface area (Å²) in [4.78, 5) is 42.4. The quantitative estimate of drug-likeness (QED) is 0.180. The van der Waals surface area contributed by atoms with Crippen LogP contribution in [0.5, 0.6) is 11.5 Å². The Hall–Kier alpha value is -4.73. The van der Waals surface area contributed by atoms with Gasteiger partial charge in [-0.25, -0.2) is 0 Å². The van der Waals surface area contributed by atoms with Gasteiger partial charge in [-0.2, -0.15) is 0 Å². The smallest absolute Gasteiger partial charge is 0.295 e. The summed E-state index contributed by atoms with van der Waals surface area (Å²) in [6, 6.07) is 12.6. The second-order valence-corrected chi connectivity index (χ2v) is 7.71. The highest BCUT2D eigenvalue weighted by Gasteiger charge is 2.46. The van der Waals surface area contributed by atoms with Gasteiger partial charge in [0.15, 0.2) is 11.5 Å². The van der Waals surface area contributed by atoms with Crippen LogP contribution in [0, 0.1) is 10.1 Å². The van der Waals surface area contributed by atoms with Crippen molar-refractivity contribution in [3.63, 3.8) is 0 Å². The maximum atomic E-state index is 13.2. The molecule has 1 unspecified atom stereocenters. The molecule has 2 heterocycles. The van der Waals surface area contributed by atoms with E-state index in [1.807, 2.05) is 0 Å². The number of rotatable bonds is 7. The summed E-state index contributed by atoms with van der Waals surface area (Å²) in [7, 11) is 2.89. The van der Waals surface area contributed by atoms with E-state index < -0.39 is 28.4 Å². The van der Waals surface area contributed by atoms with Gasteiger partial charge in [-0.1, -0.05) is 18.2 Å². The van der Waals surface area contributed by atoms with Crippen molar-refractivity contribution in [2.24, 2.45) is 0 Å². The molecule has 0 saturated carbocycles. The van der Waals surface area contributed by atoms with Gasteiger partial charge < -0.3 is 19.5 Å². The molecule has 1 amide bonds. The molecule has 0 radical (unpaired) electrons. The first-order valence-electron chi connectivity index (χ1n) is 10.5. The van der Waals surface area contributed by atoms with Crippen molar-refractivity contribution in [3.05, 3.63) is 99.4 Å². The third-order valence-electron chi connectivity index (χ3n) is 5.67. The predicted octanol–water partition coefficient (Wildman–Crippen LogP) is 3.63. The number of carbonyl (C=O) groups excluding carboxylic acids is 2. The largest absolute Gasteiger partial charge is 0.507 e. The number of aliphatic hydroxyl groups excluding tert-OH is 1. The lowest BCUT2D eigenvalue weighted by Crippen LogP contribution is -2.29. The SMILES string of the molecule is COc1ccc(/C(O)=C2/C(=O)C(=O)N(Cc3cccnc3)C2c2cccc([N+](=O)[O-])c2)cc1OC. The van der Waals surface area contributed by atoms with Gasteiger partial charge in [0.05, 0.1) is 30.8 Å². The van der Waals surface area contributed by atoms with Crippen molar-refractivity contribution in [2.45, 2.75) is 12.6 Å². The lowest BCUT2D eigenvalue weighted by molar-refractivity contribution is -0.384. The number of non-ortho nitro benzene ring substituents is 1. The number of methoxy groups -OCH3 is 2. The van der Waals surface area contributed by atoms with E-state index in [0.717, 1.165) is 0 Å². The number of hydrogen-bond donors (Lipinski definition) is 1. The molecule has 1 saturated heterocycles. The minimum Gasteiger partial charge on any atom is -0.507 e. The maximum Gasteiger partial charge on any atom is 0.295 e. The monoisotopic (exact) mass is 475 g/mol. The maximum absolute atomic E-state index is 13.2. The fourth-order valence-electron chi connectivity index (χ4n) is 4.03. The molecule has 1 atom stereocenters. The average molecular weight is 475 g/mol. The summed E-state index contributed by atoms with van der Waals surface area (Å²) < 4.78 is 10.5. The predicted molar refractivity (Wildman–Crippen MR) is 125 cm³/mol. The Labute approximate surface area is 200 Å². The molecule has 2 aromatic carbocycles. The van der Waals surface area contributed by atoms with Crippen molar-refractivity contribution >= 4 is 23.1 Å². The van der Waals surface area contributed by atoms with Gasteiger partial charge in [0.2, 0.25) is 0 Å². The van der Waals surface area contributed by atoms with E-state index in [4.69, 9.17) is 9.47 Å². The minimum atomic E-state index is -1.07. The van der Waals surface area contributed by atoms with Crippen LogP contribution in [0.1, 0.15) is 22.7 Å². The van der Waals surface area contributed by atoms with Gasteiger partial charge >= 0.3 is 0 Å². The van der Waals surface area contributed by atoms with E-state index in [1.165, 1.54) is 49.5 Å². The van der Waals surface area contributed by atoms with Crippen molar-refractivity contribution in [3.8, 4) is 11.5 Å². The van der Waals surface area contributed by atoms with Crippen molar-refractivity contribution in [1.29, 1.82) is 0 Å². The zero-order chi connectivity index (χ0) is 25.1. The standard InChI is InChI=1S/C25H21N3O7/c1-34-19-9-8-17(12-20(19)35-2)23(29)21-22(16-6-3-7-18(11-16)28(32)33)27(25(31)24(21)30)14-15-5-4-10-26-13-15/h3-13,22,29H,14H2,1-2H3/b23-21-. The number of Topliss-reactive ketones (excluding diaryl/α,β-unsaturated/α-hetero) is 1. The molecule has 1 N–H and O–H groups in total. The van der Waals surface area contributed by atoms with Crippen molar-refractivity contribution in [2.75, 3.05) is 14.2 Å². The molecule has 3 aromatic rings. The lowest BCUT2D eigenvalue weighted by atomic mass is 9.94. The molecule has 4 rings (SSSR count). The van der Waals surface area contributed by atoms with E-state index in [-0.39, 0.29) is 23.4 Å². The van der Waals surface area contributed by atoms with E-state index in [9.17, 15) is 24.8 Å². The van der Waals surface area contributed by atoms with E-state index in [2.05, 4.69) is 4.98 Å². The summed E-state index contributed by atoms with van der Waals surface area (Å²) >= 11 is 0. The molecule has 0 aliphatic carbocycles. The Balaban J connectivity index is 1.90. The number of pyridine rings is 1. The second kappa shape index (κ2) is 9.64. The van der Waals surface area contributed by atoms with Crippen LogP contribution in [0.15, 0.2) is 72.6 Å². The topological polar surface area (TPSA) is 132 Å². The Bertz CT molecular complexity index is 1340. The van der Waals surface area contributed by atoms with Crippen molar-refractivity contribution < 1.29 is 29.1 Å². The summed E-state index contributed by atoms with van der Waals surface area (Å²) in [6.07, 6.45) is 3.13. The minimum absolute atomic E-state index is 0.00842. The van der Waals surface area contributed by atoms with E-state index in [1.54, 1.807) is 36.7 Å². The van der Waals surface area contributed by atoms with Gasteiger partial charge in [0.25, 0.3) is 17.4 Å². The van der Waals surface area contributed by atoms with Crippen LogP contribution in [0.25, 0.3) is 5.76 Å². The number of aliphatic hydroxyl groups is 1. The molecule has 10 heteroatoms. The number of nitro benzene ring substituents is 1. The normalized spacial score (nSPS) is 16.9. The van der Waals surface area contributed by atoms with Crippen LogP contribution in [0.2, 0.25) is 0 Å². The van der Waals surface area contributed by atoms with E-state index in [0.29, 0.717) is 22.6 Å². The molecule has 0 spiro atoms. The van der Waals surface area contributed by atoms with Gasteiger partial charge in [0.1, 0.15) is 5.76 Å². The van der Waals surface area contributed by atoms with Crippen molar-refractivity contribution in [1.82, 2.24) is 9.88 Å². The Morgan fingerprint density at radius 1 is 1.09 bits per heavy atom. The molecule has 1 aliphatic heterocycles.